The Bertz CT molecular complexity index is 601. The van der Waals surface area contributed by atoms with Crippen molar-refractivity contribution in [1.82, 2.24) is 30.8 Å². The van der Waals surface area contributed by atoms with Crippen LogP contribution in [0.4, 0.5) is 4.79 Å². The maximum atomic E-state index is 11.1. The molecule has 2 aromatic rings. The minimum Gasteiger partial charge on any atom is -0.359 e. The van der Waals surface area contributed by atoms with E-state index in [1.807, 2.05) is 6.07 Å². The van der Waals surface area contributed by atoms with Gasteiger partial charge in [0.1, 0.15) is 12.2 Å². The summed E-state index contributed by atoms with van der Waals surface area (Å²) in [5.74, 6) is 1.35. The first-order chi connectivity index (χ1) is 9.74. The van der Waals surface area contributed by atoms with Crippen LogP contribution < -0.4 is 10.6 Å². The number of amides is 2. The van der Waals surface area contributed by atoms with E-state index in [1.54, 1.807) is 17.9 Å². The lowest BCUT2D eigenvalue weighted by molar-refractivity contribution is 0.242. The van der Waals surface area contributed by atoms with Crippen LogP contribution in [0.1, 0.15) is 35.9 Å². The molecule has 0 saturated heterocycles. The third-order valence-electron chi connectivity index (χ3n) is 3.13. The van der Waals surface area contributed by atoms with Crippen molar-refractivity contribution in [3.8, 4) is 0 Å². The van der Waals surface area contributed by atoms with Crippen LogP contribution in [0.3, 0.4) is 0 Å². The highest BCUT2D eigenvalue weighted by Crippen LogP contribution is 2.39. The first-order valence-corrected chi connectivity index (χ1v) is 6.54. The van der Waals surface area contributed by atoms with Crippen LogP contribution in [0.2, 0.25) is 0 Å². The number of nitrogens with zero attached hydrogens (tertiary/aromatic N) is 4. The number of hydrogen-bond acceptors (Lipinski definition) is 5. The Kier molecular flexibility index (Phi) is 3.36. The summed E-state index contributed by atoms with van der Waals surface area (Å²) in [5, 5.41) is 17.1. The van der Waals surface area contributed by atoms with Crippen molar-refractivity contribution in [2.75, 3.05) is 7.05 Å². The van der Waals surface area contributed by atoms with E-state index < -0.39 is 0 Å². The Balaban J connectivity index is 1.57. The van der Waals surface area contributed by atoms with Gasteiger partial charge < -0.3 is 15.2 Å². The molecule has 1 aliphatic rings. The lowest BCUT2D eigenvalue weighted by Gasteiger charge is -1.99. The Morgan fingerprint density at radius 2 is 2.40 bits per heavy atom. The van der Waals surface area contributed by atoms with Crippen molar-refractivity contribution in [1.29, 1.82) is 0 Å². The van der Waals surface area contributed by atoms with Crippen LogP contribution >= 0.6 is 0 Å². The molecule has 8 nitrogen and oxygen atoms in total. The molecule has 0 radical (unpaired) electrons. The molecule has 2 N–H and O–H groups in total. The predicted octanol–water partition coefficient (Wildman–Crippen LogP) is 0.621. The lowest BCUT2D eigenvalue weighted by atomic mass is 10.3. The normalized spacial score (nSPS) is 14.2. The minimum atomic E-state index is -0.246. The highest BCUT2D eigenvalue weighted by molar-refractivity contribution is 5.73. The molecule has 20 heavy (non-hydrogen) atoms. The average molecular weight is 276 g/mol. The summed E-state index contributed by atoms with van der Waals surface area (Å²) in [6.45, 7) is 0.829. The number of carbonyl (C=O) groups excluding carboxylic acids is 1. The number of hydrogen-bond donors (Lipinski definition) is 2. The minimum absolute atomic E-state index is 0.246. The van der Waals surface area contributed by atoms with E-state index in [1.165, 1.54) is 12.8 Å². The quantitative estimate of drug-likeness (QED) is 0.834. The molecule has 3 rings (SSSR count). The summed E-state index contributed by atoms with van der Waals surface area (Å²) in [6, 6.07) is 1.73. The molecule has 0 spiro atoms. The molecular weight excluding hydrogens is 260 g/mol. The van der Waals surface area contributed by atoms with Crippen LogP contribution in [-0.2, 0) is 13.1 Å². The van der Waals surface area contributed by atoms with Crippen LogP contribution in [0.25, 0.3) is 0 Å². The summed E-state index contributed by atoms with van der Waals surface area (Å²) < 4.78 is 6.94. The van der Waals surface area contributed by atoms with E-state index in [4.69, 9.17) is 4.52 Å². The van der Waals surface area contributed by atoms with Crippen molar-refractivity contribution >= 4 is 6.03 Å². The number of urea groups is 1. The summed E-state index contributed by atoms with van der Waals surface area (Å²) in [7, 11) is 1.56. The highest BCUT2D eigenvalue weighted by Gasteiger charge is 2.27. The molecule has 2 heterocycles. The zero-order chi connectivity index (χ0) is 13.9. The van der Waals surface area contributed by atoms with Gasteiger partial charge in [-0.3, -0.25) is 0 Å². The molecule has 0 atom stereocenters. The van der Waals surface area contributed by atoms with Gasteiger partial charge in [0.2, 0.25) is 0 Å². The van der Waals surface area contributed by atoms with Crippen LogP contribution in [-0.4, -0.2) is 33.2 Å². The molecule has 0 aliphatic heterocycles. The van der Waals surface area contributed by atoms with Gasteiger partial charge >= 0.3 is 6.03 Å². The Hall–Kier alpha value is -2.38. The molecule has 1 aliphatic carbocycles. The lowest BCUT2D eigenvalue weighted by Crippen LogP contribution is -2.32. The SMILES string of the molecule is CNC(=O)NCc1cn(Cc2cc(C3CC3)no2)nn1. The maximum absolute atomic E-state index is 11.1. The van der Waals surface area contributed by atoms with E-state index >= 15 is 0 Å². The molecule has 0 aromatic carbocycles. The van der Waals surface area contributed by atoms with E-state index in [2.05, 4.69) is 26.1 Å². The maximum Gasteiger partial charge on any atom is 0.314 e. The second-order valence-corrected chi connectivity index (χ2v) is 4.83. The first kappa shape index (κ1) is 12.6. The largest absolute Gasteiger partial charge is 0.359 e. The third-order valence-corrected chi connectivity index (χ3v) is 3.13. The third kappa shape index (κ3) is 2.95. The van der Waals surface area contributed by atoms with Gasteiger partial charge in [0, 0.05) is 19.0 Å². The number of aromatic nitrogens is 4. The monoisotopic (exact) mass is 276 g/mol. The van der Waals surface area contributed by atoms with Gasteiger partial charge in [0.05, 0.1) is 18.4 Å². The Morgan fingerprint density at radius 1 is 1.55 bits per heavy atom. The van der Waals surface area contributed by atoms with Crippen molar-refractivity contribution in [3.63, 3.8) is 0 Å². The van der Waals surface area contributed by atoms with Crippen molar-refractivity contribution in [3.05, 3.63) is 29.4 Å². The molecular formula is C12H16N6O2. The molecule has 106 valence electrons. The molecule has 0 unspecified atom stereocenters. The van der Waals surface area contributed by atoms with Crippen LogP contribution in [0, 0.1) is 0 Å². The average Bonchev–Trinajstić information content (AvgIpc) is 3.04. The second kappa shape index (κ2) is 5.32. The van der Waals surface area contributed by atoms with Crippen molar-refractivity contribution in [2.24, 2.45) is 0 Å². The molecule has 1 saturated carbocycles. The van der Waals surface area contributed by atoms with Crippen molar-refractivity contribution < 1.29 is 9.32 Å². The fourth-order valence-electron chi connectivity index (χ4n) is 1.89. The van der Waals surface area contributed by atoms with Crippen molar-refractivity contribution in [2.45, 2.75) is 31.8 Å². The summed E-state index contributed by atoms with van der Waals surface area (Å²) in [4.78, 5) is 11.1. The Labute approximate surface area is 115 Å². The topological polar surface area (TPSA) is 97.9 Å². The molecule has 1 fully saturated rings. The number of carbonyl (C=O) groups is 1. The van der Waals surface area contributed by atoms with Crippen LogP contribution in [0.5, 0.6) is 0 Å². The highest BCUT2D eigenvalue weighted by atomic mass is 16.5. The van der Waals surface area contributed by atoms with Gasteiger partial charge in [0.15, 0.2) is 5.76 Å². The molecule has 2 amide bonds. The van der Waals surface area contributed by atoms with E-state index in [0.717, 1.165) is 11.5 Å². The summed E-state index contributed by atoms with van der Waals surface area (Å²) in [6.07, 6.45) is 4.17. The molecule has 2 aromatic heterocycles. The predicted molar refractivity (Wildman–Crippen MR) is 68.9 cm³/mol. The first-order valence-electron chi connectivity index (χ1n) is 6.54. The van der Waals surface area contributed by atoms with Gasteiger partial charge in [-0.15, -0.1) is 5.10 Å². The van der Waals surface area contributed by atoms with Gasteiger partial charge in [-0.05, 0) is 12.8 Å². The number of rotatable bonds is 5. The smallest absolute Gasteiger partial charge is 0.314 e. The molecule has 0 bridgehead atoms. The van der Waals surface area contributed by atoms with Gasteiger partial charge in [0.25, 0.3) is 0 Å². The molecule has 8 heteroatoms. The fourth-order valence-corrected chi connectivity index (χ4v) is 1.89. The fraction of sp³-hybridized carbons (Fsp3) is 0.500. The summed E-state index contributed by atoms with van der Waals surface area (Å²) in [5.41, 5.74) is 1.72. The van der Waals surface area contributed by atoms with Crippen LogP contribution in [0.15, 0.2) is 16.8 Å². The number of nitrogens with one attached hydrogen (secondary N) is 2. The Morgan fingerprint density at radius 3 is 3.15 bits per heavy atom. The van der Waals surface area contributed by atoms with Gasteiger partial charge in [-0.1, -0.05) is 10.4 Å². The summed E-state index contributed by atoms with van der Waals surface area (Å²) >= 11 is 0. The zero-order valence-corrected chi connectivity index (χ0v) is 11.2. The zero-order valence-electron chi connectivity index (χ0n) is 11.2. The second-order valence-electron chi connectivity index (χ2n) is 4.83. The van der Waals surface area contributed by atoms with E-state index in [-0.39, 0.29) is 6.03 Å². The standard InChI is InChI=1S/C12H16N6O2/c1-13-12(19)14-5-9-6-18(17-15-9)7-10-4-11(16-20-10)8-2-3-8/h4,6,8H,2-3,5,7H2,1H3,(H2,13,14,19). The van der Waals surface area contributed by atoms with E-state index in [9.17, 15) is 4.79 Å². The van der Waals surface area contributed by atoms with Gasteiger partial charge in [-0.25, -0.2) is 9.48 Å². The van der Waals surface area contributed by atoms with E-state index in [0.29, 0.717) is 24.7 Å². The van der Waals surface area contributed by atoms with Gasteiger partial charge in [-0.2, -0.15) is 0 Å².